The van der Waals surface area contributed by atoms with Gasteiger partial charge in [-0.25, -0.2) is 4.79 Å². The zero-order valence-electron chi connectivity index (χ0n) is 10.7. The third kappa shape index (κ3) is 2.97. The van der Waals surface area contributed by atoms with E-state index in [4.69, 9.17) is 5.11 Å². The summed E-state index contributed by atoms with van der Waals surface area (Å²) in [4.78, 5) is 22.8. The third-order valence-corrected chi connectivity index (χ3v) is 2.76. The first-order chi connectivity index (χ1) is 9.61. The van der Waals surface area contributed by atoms with Gasteiger partial charge in [0.25, 0.3) is 5.91 Å². The number of carbonyl (C=O) groups is 2. The Morgan fingerprint density at radius 2 is 2.05 bits per heavy atom. The first-order valence-corrected chi connectivity index (χ1v) is 5.99. The van der Waals surface area contributed by atoms with Crippen LogP contribution in [0.3, 0.4) is 0 Å². The summed E-state index contributed by atoms with van der Waals surface area (Å²) >= 11 is 0. The van der Waals surface area contributed by atoms with Crippen LogP contribution in [-0.4, -0.2) is 43.6 Å². The molecule has 1 atom stereocenters. The second kappa shape index (κ2) is 5.91. The SMILES string of the molecule is CC[C@H](NC(=O)c1ccc(-c2nn[nH]n2)cc1)C(=O)O. The number of tetrazole rings is 1. The van der Waals surface area contributed by atoms with Crippen LogP contribution in [0.1, 0.15) is 23.7 Å². The Morgan fingerprint density at radius 1 is 1.35 bits per heavy atom. The molecule has 1 aromatic carbocycles. The number of nitrogens with one attached hydrogen (secondary N) is 2. The van der Waals surface area contributed by atoms with Crippen LogP contribution in [0.25, 0.3) is 11.4 Å². The molecule has 8 heteroatoms. The lowest BCUT2D eigenvalue weighted by Crippen LogP contribution is -2.40. The number of hydrogen-bond donors (Lipinski definition) is 3. The molecule has 1 heterocycles. The van der Waals surface area contributed by atoms with Crippen molar-refractivity contribution in [2.75, 3.05) is 0 Å². The van der Waals surface area contributed by atoms with E-state index >= 15 is 0 Å². The summed E-state index contributed by atoms with van der Waals surface area (Å²) in [6.45, 7) is 1.69. The molecule has 0 spiro atoms. The van der Waals surface area contributed by atoms with Crippen LogP contribution in [0.2, 0.25) is 0 Å². The van der Waals surface area contributed by atoms with Crippen molar-refractivity contribution in [3.05, 3.63) is 29.8 Å². The summed E-state index contributed by atoms with van der Waals surface area (Å²) in [5.74, 6) is -1.06. The van der Waals surface area contributed by atoms with Gasteiger partial charge in [0, 0.05) is 11.1 Å². The van der Waals surface area contributed by atoms with E-state index in [1.807, 2.05) is 0 Å². The summed E-state index contributed by atoms with van der Waals surface area (Å²) in [5.41, 5.74) is 1.08. The number of benzene rings is 1. The zero-order chi connectivity index (χ0) is 14.5. The molecule has 0 bridgehead atoms. The first-order valence-electron chi connectivity index (χ1n) is 5.99. The average Bonchev–Trinajstić information content (AvgIpc) is 2.98. The van der Waals surface area contributed by atoms with Crippen molar-refractivity contribution in [3.8, 4) is 11.4 Å². The molecule has 0 aliphatic heterocycles. The quantitative estimate of drug-likeness (QED) is 0.729. The third-order valence-electron chi connectivity index (χ3n) is 2.76. The molecule has 0 radical (unpaired) electrons. The Hall–Kier alpha value is -2.77. The fourth-order valence-corrected chi connectivity index (χ4v) is 1.63. The van der Waals surface area contributed by atoms with Crippen LogP contribution < -0.4 is 5.32 Å². The summed E-state index contributed by atoms with van der Waals surface area (Å²) < 4.78 is 0. The number of carboxylic acid groups (broad SMARTS) is 1. The van der Waals surface area contributed by atoms with Gasteiger partial charge in [-0.1, -0.05) is 19.1 Å². The predicted octanol–water partition coefficient (Wildman–Crippen LogP) is 0.460. The van der Waals surface area contributed by atoms with Crippen LogP contribution in [0.5, 0.6) is 0 Å². The van der Waals surface area contributed by atoms with Crippen LogP contribution in [0.15, 0.2) is 24.3 Å². The van der Waals surface area contributed by atoms with Gasteiger partial charge in [0.05, 0.1) is 0 Å². The van der Waals surface area contributed by atoms with Gasteiger partial charge in [-0.2, -0.15) is 5.21 Å². The molecule has 0 fully saturated rings. The van der Waals surface area contributed by atoms with Gasteiger partial charge in [-0.3, -0.25) is 4.79 Å². The second-order valence-electron chi connectivity index (χ2n) is 4.09. The van der Waals surface area contributed by atoms with E-state index in [0.717, 1.165) is 0 Å². The molecule has 2 aromatic rings. The van der Waals surface area contributed by atoms with Gasteiger partial charge >= 0.3 is 5.97 Å². The van der Waals surface area contributed by atoms with E-state index in [1.54, 1.807) is 31.2 Å². The van der Waals surface area contributed by atoms with E-state index < -0.39 is 17.9 Å². The highest BCUT2D eigenvalue weighted by Gasteiger charge is 2.18. The fourth-order valence-electron chi connectivity index (χ4n) is 1.63. The van der Waals surface area contributed by atoms with Crippen molar-refractivity contribution in [1.82, 2.24) is 25.9 Å². The highest BCUT2D eigenvalue weighted by Crippen LogP contribution is 2.14. The normalized spacial score (nSPS) is 11.8. The number of carbonyl (C=O) groups excluding carboxylic acids is 1. The molecule has 20 heavy (non-hydrogen) atoms. The number of carboxylic acids is 1. The molecule has 3 N–H and O–H groups in total. The molecule has 0 aliphatic carbocycles. The lowest BCUT2D eigenvalue weighted by molar-refractivity contribution is -0.139. The summed E-state index contributed by atoms with van der Waals surface area (Å²) in [7, 11) is 0. The Labute approximate surface area is 114 Å². The Bertz CT molecular complexity index is 594. The standard InChI is InChI=1S/C12H13N5O3/c1-2-9(12(19)20)13-11(18)8-5-3-7(4-6-8)10-14-16-17-15-10/h3-6,9H,2H2,1H3,(H,13,18)(H,19,20)(H,14,15,16,17)/t9-/m0/s1. The molecule has 1 aromatic heterocycles. The number of hydrogen-bond acceptors (Lipinski definition) is 5. The minimum Gasteiger partial charge on any atom is -0.480 e. The van der Waals surface area contributed by atoms with Gasteiger partial charge in [0.1, 0.15) is 6.04 Å². The number of aliphatic carboxylic acids is 1. The topological polar surface area (TPSA) is 121 Å². The Balaban J connectivity index is 2.10. The maximum Gasteiger partial charge on any atom is 0.326 e. The summed E-state index contributed by atoms with van der Waals surface area (Å²) in [6, 6.07) is 5.60. The van der Waals surface area contributed by atoms with Crippen molar-refractivity contribution in [3.63, 3.8) is 0 Å². The van der Waals surface area contributed by atoms with E-state index in [0.29, 0.717) is 23.4 Å². The molecule has 104 valence electrons. The molecule has 0 saturated heterocycles. The largest absolute Gasteiger partial charge is 0.480 e. The fraction of sp³-hybridized carbons (Fsp3) is 0.250. The van der Waals surface area contributed by atoms with E-state index in [2.05, 4.69) is 25.9 Å². The summed E-state index contributed by atoms with van der Waals surface area (Å²) in [5, 5.41) is 24.8. The monoisotopic (exact) mass is 275 g/mol. The molecule has 1 amide bonds. The van der Waals surface area contributed by atoms with Gasteiger partial charge in [0.2, 0.25) is 5.82 Å². The minimum atomic E-state index is -1.05. The number of nitrogens with zero attached hydrogens (tertiary/aromatic N) is 3. The van der Waals surface area contributed by atoms with Crippen LogP contribution in [0, 0.1) is 0 Å². The molecule has 2 rings (SSSR count). The lowest BCUT2D eigenvalue weighted by Gasteiger charge is -2.12. The molecular weight excluding hydrogens is 262 g/mol. The number of amides is 1. The number of aromatic nitrogens is 4. The van der Waals surface area contributed by atoms with Gasteiger partial charge in [-0.15, -0.1) is 10.2 Å². The Morgan fingerprint density at radius 3 is 2.55 bits per heavy atom. The zero-order valence-corrected chi connectivity index (χ0v) is 10.7. The predicted molar refractivity (Wildman–Crippen MR) is 68.8 cm³/mol. The number of rotatable bonds is 5. The smallest absolute Gasteiger partial charge is 0.326 e. The van der Waals surface area contributed by atoms with Crippen molar-refractivity contribution in [2.24, 2.45) is 0 Å². The second-order valence-corrected chi connectivity index (χ2v) is 4.09. The van der Waals surface area contributed by atoms with Crippen molar-refractivity contribution >= 4 is 11.9 Å². The van der Waals surface area contributed by atoms with Crippen molar-refractivity contribution in [1.29, 1.82) is 0 Å². The molecule has 0 unspecified atom stereocenters. The number of H-pyrrole nitrogens is 1. The maximum atomic E-state index is 11.9. The van der Waals surface area contributed by atoms with Gasteiger partial charge in [-0.05, 0) is 23.8 Å². The van der Waals surface area contributed by atoms with Crippen molar-refractivity contribution in [2.45, 2.75) is 19.4 Å². The molecule has 0 saturated carbocycles. The highest BCUT2D eigenvalue weighted by atomic mass is 16.4. The average molecular weight is 275 g/mol. The summed E-state index contributed by atoms with van der Waals surface area (Å²) in [6.07, 6.45) is 0.321. The van der Waals surface area contributed by atoms with Crippen molar-refractivity contribution < 1.29 is 14.7 Å². The first kappa shape index (κ1) is 13.7. The molecular formula is C12H13N5O3. The van der Waals surface area contributed by atoms with Gasteiger partial charge in [0.15, 0.2) is 0 Å². The van der Waals surface area contributed by atoms with Crippen LogP contribution in [-0.2, 0) is 4.79 Å². The minimum absolute atomic E-state index is 0.321. The maximum absolute atomic E-state index is 11.9. The van der Waals surface area contributed by atoms with Gasteiger partial charge < -0.3 is 10.4 Å². The van der Waals surface area contributed by atoms with Crippen LogP contribution in [0.4, 0.5) is 0 Å². The van der Waals surface area contributed by atoms with E-state index in [-0.39, 0.29) is 0 Å². The number of aromatic amines is 1. The lowest BCUT2D eigenvalue weighted by atomic mass is 10.1. The van der Waals surface area contributed by atoms with Crippen LogP contribution >= 0.6 is 0 Å². The molecule has 0 aliphatic rings. The van der Waals surface area contributed by atoms with E-state index in [1.165, 1.54) is 0 Å². The Kier molecular flexibility index (Phi) is 4.04. The highest BCUT2D eigenvalue weighted by molar-refractivity contribution is 5.96. The molecule has 8 nitrogen and oxygen atoms in total. The van der Waals surface area contributed by atoms with E-state index in [9.17, 15) is 9.59 Å².